The fourth-order valence-electron chi connectivity index (χ4n) is 0.867. The number of furan rings is 1. The van der Waals surface area contributed by atoms with Crippen molar-refractivity contribution in [1.29, 1.82) is 0 Å². The second-order valence-electron chi connectivity index (χ2n) is 2.57. The molecular formula is C9H11BrO2S. The fourth-order valence-corrected chi connectivity index (χ4v) is 2.04. The monoisotopic (exact) mass is 262 g/mol. The first kappa shape index (κ1) is 10.9. The van der Waals surface area contributed by atoms with Crippen LogP contribution in [0.1, 0.15) is 23.9 Å². The highest BCUT2D eigenvalue weighted by Crippen LogP contribution is 2.19. The molecule has 0 aliphatic rings. The minimum absolute atomic E-state index is 0.0512. The molecule has 1 heterocycles. The molecule has 13 heavy (non-hydrogen) atoms. The Morgan fingerprint density at radius 1 is 1.69 bits per heavy atom. The molecule has 72 valence electrons. The van der Waals surface area contributed by atoms with E-state index in [-0.39, 0.29) is 5.78 Å². The quantitative estimate of drug-likeness (QED) is 0.602. The zero-order chi connectivity index (χ0) is 9.68. The fraction of sp³-hybridized carbons (Fsp3) is 0.444. The molecule has 0 radical (unpaired) electrons. The molecule has 1 aromatic heterocycles. The zero-order valence-corrected chi connectivity index (χ0v) is 9.78. The number of thioether (sulfide) groups is 1. The highest BCUT2D eigenvalue weighted by molar-refractivity contribution is 9.10. The van der Waals surface area contributed by atoms with Crippen molar-refractivity contribution < 1.29 is 9.21 Å². The van der Waals surface area contributed by atoms with Gasteiger partial charge in [0.2, 0.25) is 5.78 Å². The summed E-state index contributed by atoms with van der Waals surface area (Å²) in [7, 11) is 0. The van der Waals surface area contributed by atoms with E-state index in [1.165, 1.54) is 6.26 Å². The number of rotatable bonds is 5. The van der Waals surface area contributed by atoms with Crippen LogP contribution in [-0.2, 0) is 0 Å². The molecule has 0 aliphatic heterocycles. The van der Waals surface area contributed by atoms with E-state index in [0.717, 1.165) is 16.6 Å². The summed E-state index contributed by atoms with van der Waals surface area (Å²) in [6.07, 6.45) is 2.61. The molecule has 1 rings (SSSR count). The Labute approximate surface area is 90.2 Å². The summed E-state index contributed by atoms with van der Waals surface area (Å²) in [5, 5.41) is 0. The lowest BCUT2D eigenvalue weighted by Gasteiger charge is -1.96. The zero-order valence-electron chi connectivity index (χ0n) is 7.38. The van der Waals surface area contributed by atoms with E-state index < -0.39 is 0 Å². The first-order valence-corrected chi connectivity index (χ1v) is 6.04. The SMILES string of the molecule is CCCSCC(=O)c1occc1Br. The summed E-state index contributed by atoms with van der Waals surface area (Å²) in [6.45, 7) is 2.10. The van der Waals surface area contributed by atoms with Crippen molar-refractivity contribution in [2.45, 2.75) is 13.3 Å². The van der Waals surface area contributed by atoms with Crippen LogP contribution < -0.4 is 0 Å². The van der Waals surface area contributed by atoms with Gasteiger partial charge in [0.15, 0.2) is 5.76 Å². The van der Waals surface area contributed by atoms with Crippen molar-refractivity contribution in [2.75, 3.05) is 11.5 Å². The van der Waals surface area contributed by atoms with E-state index in [9.17, 15) is 4.79 Å². The van der Waals surface area contributed by atoms with Gasteiger partial charge in [-0.2, -0.15) is 11.8 Å². The van der Waals surface area contributed by atoms with Crippen LogP contribution in [0.2, 0.25) is 0 Å². The van der Waals surface area contributed by atoms with E-state index in [1.54, 1.807) is 17.8 Å². The van der Waals surface area contributed by atoms with Gasteiger partial charge in [0.1, 0.15) is 0 Å². The first-order chi connectivity index (χ1) is 6.25. The van der Waals surface area contributed by atoms with Gasteiger partial charge in [-0.25, -0.2) is 0 Å². The third-order valence-corrected chi connectivity index (χ3v) is 3.24. The standard InChI is InChI=1S/C9H11BrO2S/c1-2-5-13-6-8(11)9-7(10)3-4-12-9/h3-4H,2,5-6H2,1H3. The van der Waals surface area contributed by atoms with Crippen molar-refractivity contribution in [3.63, 3.8) is 0 Å². The topological polar surface area (TPSA) is 30.2 Å². The molecular weight excluding hydrogens is 252 g/mol. The van der Waals surface area contributed by atoms with Gasteiger partial charge in [0.05, 0.1) is 16.5 Å². The summed E-state index contributed by atoms with van der Waals surface area (Å²) in [5.74, 6) is 2.00. The number of carbonyl (C=O) groups excluding carboxylic acids is 1. The average Bonchev–Trinajstić information content (AvgIpc) is 2.52. The van der Waals surface area contributed by atoms with Crippen LogP contribution in [0.3, 0.4) is 0 Å². The Balaban J connectivity index is 2.45. The van der Waals surface area contributed by atoms with Gasteiger partial charge in [-0.15, -0.1) is 0 Å². The van der Waals surface area contributed by atoms with Crippen LogP contribution in [-0.4, -0.2) is 17.3 Å². The number of carbonyl (C=O) groups is 1. The second kappa shape index (κ2) is 5.50. The van der Waals surface area contributed by atoms with E-state index in [2.05, 4.69) is 22.9 Å². The molecule has 0 saturated carbocycles. The van der Waals surface area contributed by atoms with Crippen LogP contribution in [0, 0.1) is 0 Å². The Morgan fingerprint density at radius 3 is 3.00 bits per heavy atom. The Bertz CT molecular complexity index is 283. The summed E-state index contributed by atoms with van der Waals surface area (Å²) in [4.78, 5) is 11.5. The molecule has 0 aliphatic carbocycles. The van der Waals surface area contributed by atoms with Crippen LogP contribution in [0.15, 0.2) is 21.2 Å². The molecule has 0 spiro atoms. The first-order valence-electron chi connectivity index (χ1n) is 4.09. The van der Waals surface area contributed by atoms with Crippen molar-refractivity contribution in [3.8, 4) is 0 Å². The lowest BCUT2D eigenvalue weighted by molar-refractivity contribution is 0.0991. The van der Waals surface area contributed by atoms with Crippen LogP contribution >= 0.6 is 27.7 Å². The molecule has 4 heteroatoms. The number of hydrogen-bond acceptors (Lipinski definition) is 3. The summed E-state index contributed by atoms with van der Waals surface area (Å²) >= 11 is 4.89. The van der Waals surface area contributed by atoms with E-state index >= 15 is 0 Å². The van der Waals surface area contributed by atoms with Crippen molar-refractivity contribution in [1.82, 2.24) is 0 Å². The van der Waals surface area contributed by atoms with E-state index in [0.29, 0.717) is 11.5 Å². The van der Waals surface area contributed by atoms with Gasteiger partial charge in [-0.3, -0.25) is 4.79 Å². The third-order valence-electron chi connectivity index (χ3n) is 1.45. The lowest BCUT2D eigenvalue weighted by atomic mass is 10.3. The van der Waals surface area contributed by atoms with E-state index in [4.69, 9.17) is 4.42 Å². The highest BCUT2D eigenvalue weighted by atomic mass is 79.9. The van der Waals surface area contributed by atoms with Crippen molar-refractivity contribution in [2.24, 2.45) is 0 Å². The molecule has 0 N–H and O–H groups in total. The molecule has 1 aromatic rings. The predicted octanol–water partition coefficient (Wildman–Crippen LogP) is 3.37. The van der Waals surface area contributed by atoms with Crippen molar-refractivity contribution >= 4 is 33.5 Å². The smallest absolute Gasteiger partial charge is 0.208 e. The minimum Gasteiger partial charge on any atom is -0.460 e. The van der Waals surface area contributed by atoms with Gasteiger partial charge in [-0.1, -0.05) is 6.92 Å². The molecule has 0 unspecified atom stereocenters. The molecule has 0 saturated heterocycles. The summed E-state index contributed by atoms with van der Waals surface area (Å²) < 4.78 is 5.79. The minimum atomic E-state index is 0.0512. The summed E-state index contributed by atoms with van der Waals surface area (Å²) in [5.41, 5.74) is 0. The Morgan fingerprint density at radius 2 is 2.46 bits per heavy atom. The highest BCUT2D eigenvalue weighted by Gasteiger charge is 2.12. The van der Waals surface area contributed by atoms with Gasteiger partial charge >= 0.3 is 0 Å². The Kier molecular flexibility index (Phi) is 4.59. The van der Waals surface area contributed by atoms with Crippen LogP contribution in [0.4, 0.5) is 0 Å². The van der Waals surface area contributed by atoms with Gasteiger partial charge in [-0.05, 0) is 34.2 Å². The maximum absolute atomic E-state index is 11.5. The molecule has 0 amide bonds. The molecule has 0 bridgehead atoms. The maximum Gasteiger partial charge on any atom is 0.208 e. The number of Topliss-reactive ketones (excluding diaryl/α,β-unsaturated/α-hetero) is 1. The second-order valence-corrected chi connectivity index (χ2v) is 4.53. The van der Waals surface area contributed by atoms with Gasteiger partial charge in [0, 0.05) is 0 Å². The van der Waals surface area contributed by atoms with Crippen molar-refractivity contribution in [3.05, 3.63) is 22.6 Å². The predicted molar refractivity (Wildman–Crippen MR) is 58.4 cm³/mol. The third kappa shape index (κ3) is 3.19. The van der Waals surface area contributed by atoms with E-state index in [1.807, 2.05) is 0 Å². The number of hydrogen-bond donors (Lipinski definition) is 0. The van der Waals surface area contributed by atoms with Crippen LogP contribution in [0.5, 0.6) is 0 Å². The maximum atomic E-state index is 11.5. The van der Waals surface area contributed by atoms with Gasteiger partial charge in [0.25, 0.3) is 0 Å². The molecule has 0 atom stereocenters. The average molecular weight is 263 g/mol. The molecule has 0 aromatic carbocycles. The Hall–Kier alpha value is -0.220. The van der Waals surface area contributed by atoms with Gasteiger partial charge < -0.3 is 4.42 Å². The van der Waals surface area contributed by atoms with Crippen LogP contribution in [0.25, 0.3) is 0 Å². The summed E-state index contributed by atoms with van der Waals surface area (Å²) in [6, 6.07) is 1.73. The number of halogens is 1. The normalized spacial score (nSPS) is 10.3. The number of ketones is 1. The largest absolute Gasteiger partial charge is 0.460 e. The molecule has 0 fully saturated rings. The lowest BCUT2D eigenvalue weighted by Crippen LogP contribution is -2.01. The molecule has 2 nitrogen and oxygen atoms in total.